The van der Waals surface area contributed by atoms with Crippen molar-refractivity contribution in [2.75, 3.05) is 5.01 Å². The van der Waals surface area contributed by atoms with Crippen LogP contribution in [0.3, 0.4) is 0 Å². The molecule has 1 aromatic heterocycles. The number of nitrogens with one attached hydrogen (secondary N) is 1. The summed E-state index contributed by atoms with van der Waals surface area (Å²) in [6.45, 7) is 7.91. The minimum Gasteiger partial charge on any atom is -0.471 e. The molecule has 24 heavy (non-hydrogen) atoms. The number of aromatic nitrogens is 2. The number of ether oxygens (including phenoxy) is 1. The topological polar surface area (TPSA) is 119 Å². The Morgan fingerprint density at radius 1 is 1.25 bits per heavy atom. The average molecular weight is 332 g/mol. The fourth-order valence-corrected chi connectivity index (χ4v) is 1.96. The maximum Gasteiger partial charge on any atom is 0.350 e. The van der Waals surface area contributed by atoms with Gasteiger partial charge in [0.15, 0.2) is 0 Å². The van der Waals surface area contributed by atoms with E-state index < -0.39 is 6.03 Å². The number of rotatable bonds is 4. The molecule has 0 saturated carbocycles. The monoisotopic (exact) mass is 332 g/mol. The first-order chi connectivity index (χ1) is 11.5. The van der Waals surface area contributed by atoms with E-state index in [1.807, 2.05) is 32.3 Å². The third-order valence-electron chi connectivity index (χ3n) is 3.18. The van der Waals surface area contributed by atoms with Crippen molar-refractivity contribution in [3.8, 4) is 5.88 Å². The predicted octanol–water partition coefficient (Wildman–Crippen LogP) is 1.96. The number of nitrogens with zero attached hydrogens (tertiary/aromatic N) is 3. The number of anilines is 1. The Morgan fingerprint density at radius 2 is 1.92 bits per heavy atom. The molecule has 1 heterocycles. The Hall–Kier alpha value is -2.71. The maximum absolute atomic E-state index is 11.6. The van der Waals surface area contributed by atoms with Gasteiger partial charge in [0.1, 0.15) is 6.61 Å². The zero-order valence-electron chi connectivity index (χ0n) is 14.4. The largest absolute Gasteiger partial charge is 0.471 e. The first-order valence-corrected chi connectivity index (χ1v) is 7.59. The Labute approximate surface area is 141 Å². The minimum atomic E-state index is -0.623. The zero-order chi connectivity index (χ0) is 18.1. The lowest BCUT2D eigenvalue weighted by atomic mass is 10.1. The molecule has 0 spiro atoms. The SMILES string of the molecule is CC.Cc1cccc(N(N)C(=O)NN)c1COc1nccnc1C. The molecule has 1 aromatic carbocycles. The van der Waals surface area contributed by atoms with E-state index >= 15 is 0 Å². The standard InChI is InChI=1S/C14H18N6O2.C2H6/c1-9-4-3-5-12(20(16)14(21)19-15)11(9)8-22-13-10(2)17-6-7-18-13;1-2/h3-7H,8,15-16H2,1-2H3,(H,19,21);1-2H3. The Balaban J connectivity index is 0.00000139. The summed E-state index contributed by atoms with van der Waals surface area (Å²) in [4.78, 5) is 19.8. The number of hydrogen-bond acceptors (Lipinski definition) is 6. The fourth-order valence-electron chi connectivity index (χ4n) is 1.96. The first-order valence-electron chi connectivity index (χ1n) is 7.59. The van der Waals surface area contributed by atoms with E-state index in [1.54, 1.807) is 31.5 Å². The Bertz CT molecular complexity index is 677. The summed E-state index contributed by atoms with van der Waals surface area (Å²) in [5, 5.41) is 0.940. The molecule has 5 N–H and O–H groups in total. The first kappa shape index (κ1) is 19.3. The zero-order valence-corrected chi connectivity index (χ0v) is 14.4. The van der Waals surface area contributed by atoms with Crippen molar-refractivity contribution in [2.45, 2.75) is 34.3 Å². The van der Waals surface area contributed by atoms with E-state index in [2.05, 4.69) is 9.97 Å². The van der Waals surface area contributed by atoms with Crippen LogP contribution in [0.2, 0.25) is 0 Å². The normalized spacial score (nSPS) is 9.58. The minimum absolute atomic E-state index is 0.201. The molecule has 0 atom stereocenters. The van der Waals surface area contributed by atoms with Crippen LogP contribution in [0.15, 0.2) is 30.6 Å². The van der Waals surface area contributed by atoms with E-state index in [0.717, 1.165) is 16.1 Å². The van der Waals surface area contributed by atoms with Crippen LogP contribution in [0.25, 0.3) is 0 Å². The van der Waals surface area contributed by atoms with Gasteiger partial charge in [-0.15, -0.1) is 0 Å². The van der Waals surface area contributed by atoms with Gasteiger partial charge in [-0.25, -0.2) is 26.5 Å². The van der Waals surface area contributed by atoms with Crippen molar-refractivity contribution in [3.05, 3.63) is 47.4 Å². The number of hydrazine groups is 2. The number of aryl methyl sites for hydroxylation is 2. The molecule has 0 radical (unpaired) electrons. The molecule has 0 bridgehead atoms. The van der Waals surface area contributed by atoms with Gasteiger partial charge >= 0.3 is 6.03 Å². The molecule has 8 nitrogen and oxygen atoms in total. The molecular formula is C16H24N6O2. The van der Waals surface area contributed by atoms with Crippen LogP contribution in [0, 0.1) is 13.8 Å². The fraction of sp³-hybridized carbons (Fsp3) is 0.312. The summed E-state index contributed by atoms with van der Waals surface area (Å²) in [5.41, 5.74) is 4.87. The molecule has 0 aliphatic heterocycles. The molecule has 0 saturated heterocycles. The summed E-state index contributed by atoms with van der Waals surface area (Å²) in [6.07, 6.45) is 3.15. The molecule has 2 amide bonds. The van der Waals surface area contributed by atoms with Gasteiger partial charge in [0.25, 0.3) is 0 Å². The lowest BCUT2D eigenvalue weighted by Crippen LogP contribution is -2.48. The quantitative estimate of drug-likeness (QED) is 0.447. The second kappa shape index (κ2) is 9.43. The van der Waals surface area contributed by atoms with Gasteiger partial charge < -0.3 is 4.74 Å². The third kappa shape index (κ3) is 4.64. The van der Waals surface area contributed by atoms with Crippen LogP contribution in [0.4, 0.5) is 10.5 Å². The Kier molecular flexibility index (Phi) is 7.60. The van der Waals surface area contributed by atoms with Gasteiger partial charge in [-0.2, -0.15) is 0 Å². The molecule has 0 aliphatic carbocycles. The van der Waals surface area contributed by atoms with Crippen molar-refractivity contribution in [2.24, 2.45) is 11.7 Å². The smallest absolute Gasteiger partial charge is 0.350 e. The highest BCUT2D eigenvalue weighted by atomic mass is 16.5. The highest BCUT2D eigenvalue weighted by Gasteiger charge is 2.16. The van der Waals surface area contributed by atoms with Crippen LogP contribution < -0.4 is 26.9 Å². The number of nitrogens with two attached hydrogens (primary N) is 2. The van der Waals surface area contributed by atoms with Crippen molar-refractivity contribution in [1.29, 1.82) is 0 Å². The van der Waals surface area contributed by atoms with Crippen molar-refractivity contribution in [1.82, 2.24) is 15.4 Å². The van der Waals surface area contributed by atoms with Crippen LogP contribution in [-0.2, 0) is 6.61 Å². The van der Waals surface area contributed by atoms with Crippen LogP contribution in [0.5, 0.6) is 5.88 Å². The number of benzene rings is 1. The highest BCUT2D eigenvalue weighted by molar-refractivity contribution is 5.91. The molecule has 0 aliphatic rings. The molecular weight excluding hydrogens is 308 g/mol. The molecule has 2 aromatic rings. The van der Waals surface area contributed by atoms with Crippen molar-refractivity contribution >= 4 is 11.7 Å². The van der Waals surface area contributed by atoms with E-state index in [9.17, 15) is 4.79 Å². The summed E-state index contributed by atoms with van der Waals surface area (Å²) in [6, 6.07) is 4.79. The van der Waals surface area contributed by atoms with Crippen LogP contribution >= 0.6 is 0 Å². The number of amides is 2. The van der Waals surface area contributed by atoms with Crippen molar-refractivity contribution < 1.29 is 9.53 Å². The Morgan fingerprint density at radius 3 is 2.54 bits per heavy atom. The molecule has 8 heteroatoms. The number of urea groups is 1. The van der Waals surface area contributed by atoms with Gasteiger partial charge in [-0.3, -0.25) is 10.4 Å². The molecule has 0 fully saturated rings. The van der Waals surface area contributed by atoms with Gasteiger partial charge in [0, 0.05) is 18.0 Å². The lowest BCUT2D eigenvalue weighted by molar-refractivity contribution is 0.246. The summed E-state index contributed by atoms with van der Waals surface area (Å²) >= 11 is 0. The summed E-state index contributed by atoms with van der Waals surface area (Å²) in [7, 11) is 0. The van der Waals surface area contributed by atoms with Gasteiger partial charge in [-0.1, -0.05) is 26.0 Å². The molecule has 2 rings (SSSR count). The second-order valence-electron chi connectivity index (χ2n) is 4.63. The van der Waals surface area contributed by atoms with E-state index in [4.69, 9.17) is 16.4 Å². The number of hydrogen-bond donors (Lipinski definition) is 3. The van der Waals surface area contributed by atoms with Crippen molar-refractivity contribution in [3.63, 3.8) is 0 Å². The van der Waals surface area contributed by atoms with E-state index in [-0.39, 0.29) is 6.61 Å². The van der Waals surface area contributed by atoms with Gasteiger partial charge in [0.2, 0.25) is 5.88 Å². The van der Waals surface area contributed by atoms with E-state index in [0.29, 0.717) is 17.3 Å². The molecule has 130 valence electrons. The molecule has 0 unspecified atom stereocenters. The van der Waals surface area contributed by atoms with Crippen LogP contribution in [-0.4, -0.2) is 16.0 Å². The maximum atomic E-state index is 11.6. The number of carbonyl (C=O) groups is 1. The average Bonchev–Trinajstić information content (AvgIpc) is 2.62. The van der Waals surface area contributed by atoms with Gasteiger partial charge in [-0.05, 0) is 25.5 Å². The summed E-state index contributed by atoms with van der Waals surface area (Å²) in [5.74, 6) is 11.3. The van der Waals surface area contributed by atoms with E-state index in [1.165, 1.54) is 0 Å². The highest BCUT2D eigenvalue weighted by Crippen LogP contribution is 2.24. The number of carbonyl (C=O) groups excluding carboxylic acids is 1. The third-order valence-corrected chi connectivity index (χ3v) is 3.18. The second-order valence-corrected chi connectivity index (χ2v) is 4.63. The van der Waals surface area contributed by atoms with Crippen LogP contribution in [0.1, 0.15) is 30.7 Å². The van der Waals surface area contributed by atoms with Gasteiger partial charge in [0.05, 0.1) is 11.4 Å². The lowest BCUT2D eigenvalue weighted by Gasteiger charge is -2.21. The summed E-state index contributed by atoms with van der Waals surface area (Å²) < 4.78 is 5.69. The predicted molar refractivity (Wildman–Crippen MR) is 93.0 cm³/mol.